The van der Waals surface area contributed by atoms with E-state index in [1.807, 2.05) is 6.07 Å². The highest BCUT2D eigenvalue weighted by molar-refractivity contribution is 7.89. The monoisotopic (exact) mass is 351 g/mol. The third-order valence-electron chi connectivity index (χ3n) is 4.88. The van der Waals surface area contributed by atoms with Gasteiger partial charge >= 0.3 is 0 Å². The van der Waals surface area contributed by atoms with E-state index in [-0.39, 0.29) is 5.78 Å². The first-order valence-corrected chi connectivity index (χ1v) is 10.2. The first-order chi connectivity index (χ1) is 11.4. The van der Waals surface area contributed by atoms with Gasteiger partial charge in [0.15, 0.2) is 5.78 Å². The molecule has 5 nitrogen and oxygen atoms in total. The highest BCUT2D eigenvalue weighted by Crippen LogP contribution is 2.26. The molecule has 0 spiro atoms. The predicted molar refractivity (Wildman–Crippen MR) is 92.4 cm³/mol. The molecule has 132 valence electrons. The van der Waals surface area contributed by atoms with Crippen LogP contribution in [0.4, 0.5) is 0 Å². The summed E-state index contributed by atoms with van der Waals surface area (Å²) in [6.45, 7) is 5.65. The number of carbonyl (C=O) groups excluding carboxylic acids is 1. The summed E-state index contributed by atoms with van der Waals surface area (Å²) < 4.78 is 31.9. The second-order valence-electron chi connectivity index (χ2n) is 6.99. The molecule has 0 aromatic heterocycles. The van der Waals surface area contributed by atoms with Crippen LogP contribution in [-0.2, 0) is 32.5 Å². The molecule has 1 aromatic rings. The van der Waals surface area contributed by atoms with Crippen LogP contribution in [0.3, 0.4) is 0 Å². The molecule has 2 aliphatic heterocycles. The van der Waals surface area contributed by atoms with Gasteiger partial charge in [0.2, 0.25) is 10.0 Å². The van der Waals surface area contributed by atoms with Crippen molar-refractivity contribution in [1.82, 2.24) is 4.31 Å². The van der Waals surface area contributed by atoms with Crippen LogP contribution in [0.2, 0.25) is 0 Å². The maximum Gasteiger partial charge on any atom is 0.221 e. The van der Waals surface area contributed by atoms with Gasteiger partial charge in [-0.25, -0.2) is 8.42 Å². The summed E-state index contributed by atoms with van der Waals surface area (Å²) in [5.74, 6) is -0.300. The standard InChI is InChI=1S/C18H25NO4S/c1-13(2)14-5-6-16-11-19(8-7-15(16)10-14)24(21,22)12-17(20)18-4-3-9-23-18/h5-6,10,13,18H,3-4,7-9,11-12H2,1-2H3/t18-/m1/s1. The van der Waals surface area contributed by atoms with Crippen molar-refractivity contribution in [2.75, 3.05) is 18.9 Å². The van der Waals surface area contributed by atoms with Crippen LogP contribution in [0, 0.1) is 0 Å². The largest absolute Gasteiger partial charge is 0.370 e. The van der Waals surface area contributed by atoms with E-state index in [1.165, 1.54) is 15.4 Å². The van der Waals surface area contributed by atoms with Gasteiger partial charge in [0, 0.05) is 19.7 Å². The molecule has 1 saturated heterocycles. The van der Waals surface area contributed by atoms with Gasteiger partial charge in [-0.1, -0.05) is 32.0 Å². The van der Waals surface area contributed by atoms with Crippen LogP contribution < -0.4 is 0 Å². The average molecular weight is 351 g/mol. The Bertz CT molecular complexity index is 721. The first-order valence-electron chi connectivity index (χ1n) is 8.60. The zero-order valence-corrected chi connectivity index (χ0v) is 15.1. The number of rotatable bonds is 5. The maximum absolute atomic E-state index is 12.6. The van der Waals surface area contributed by atoms with Crippen molar-refractivity contribution in [2.45, 2.75) is 51.7 Å². The molecule has 1 fully saturated rings. The third-order valence-corrected chi connectivity index (χ3v) is 6.63. The zero-order valence-electron chi connectivity index (χ0n) is 14.3. The minimum atomic E-state index is -3.59. The maximum atomic E-state index is 12.6. The molecule has 0 N–H and O–H groups in total. The van der Waals surface area contributed by atoms with Crippen molar-refractivity contribution in [3.63, 3.8) is 0 Å². The van der Waals surface area contributed by atoms with Gasteiger partial charge in [-0.05, 0) is 41.9 Å². The fourth-order valence-corrected chi connectivity index (χ4v) is 4.77. The Kier molecular flexibility index (Phi) is 5.08. The lowest BCUT2D eigenvalue weighted by molar-refractivity contribution is -0.125. The van der Waals surface area contributed by atoms with E-state index >= 15 is 0 Å². The van der Waals surface area contributed by atoms with Gasteiger partial charge in [-0.2, -0.15) is 4.31 Å². The Hall–Kier alpha value is -1.24. The Balaban J connectivity index is 1.70. The van der Waals surface area contributed by atoms with E-state index in [2.05, 4.69) is 26.0 Å². The van der Waals surface area contributed by atoms with Gasteiger partial charge in [0.1, 0.15) is 11.9 Å². The summed E-state index contributed by atoms with van der Waals surface area (Å²) >= 11 is 0. The van der Waals surface area contributed by atoms with Crippen molar-refractivity contribution in [2.24, 2.45) is 0 Å². The van der Waals surface area contributed by atoms with Gasteiger partial charge in [-0.15, -0.1) is 0 Å². The number of hydrogen-bond acceptors (Lipinski definition) is 4. The molecule has 0 bridgehead atoms. The minimum absolute atomic E-state index is 0.312. The molecule has 1 aromatic carbocycles. The lowest BCUT2D eigenvalue weighted by Crippen LogP contribution is -2.41. The number of Topliss-reactive ketones (excluding diaryl/α,β-unsaturated/α-hetero) is 1. The molecule has 2 heterocycles. The molecule has 0 aliphatic carbocycles. The Labute approximate surface area is 144 Å². The summed E-state index contributed by atoms with van der Waals surface area (Å²) in [4.78, 5) is 12.1. The third kappa shape index (κ3) is 3.71. The predicted octanol–water partition coefficient (Wildman–Crippen LogP) is 2.25. The number of hydrogen-bond donors (Lipinski definition) is 0. The molecular weight excluding hydrogens is 326 g/mol. The van der Waals surface area contributed by atoms with Crippen molar-refractivity contribution < 1.29 is 17.9 Å². The van der Waals surface area contributed by atoms with E-state index in [9.17, 15) is 13.2 Å². The number of ether oxygens (including phenoxy) is 1. The van der Waals surface area contributed by atoms with E-state index in [0.29, 0.717) is 38.5 Å². The van der Waals surface area contributed by atoms with Crippen LogP contribution in [0.1, 0.15) is 49.3 Å². The molecular formula is C18H25NO4S. The highest BCUT2D eigenvalue weighted by Gasteiger charge is 2.33. The minimum Gasteiger partial charge on any atom is -0.370 e. The molecule has 3 rings (SSSR count). The molecule has 2 aliphatic rings. The quantitative estimate of drug-likeness (QED) is 0.816. The van der Waals surface area contributed by atoms with E-state index in [1.54, 1.807) is 0 Å². The van der Waals surface area contributed by atoms with Crippen molar-refractivity contribution >= 4 is 15.8 Å². The van der Waals surface area contributed by atoms with Gasteiger partial charge < -0.3 is 4.74 Å². The first kappa shape index (κ1) is 17.6. The number of ketones is 1. The van der Waals surface area contributed by atoms with Gasteiger partial charge in [-0.3, -0.25) is 4.79 Å². The van der Waals surface area contributed by atoms with Crippen molar-refractivity contribution in [3.8, 4) is 0 Å². The number of sulfonamides is 1. The summed E-state index contributed by atoms with van der Waals surface area (Å²) in [6, 6.07) is 6.27. The molecule has 0 radical (unpaired) electrons. The summed E-state index contributed by atoms with van der Waals surface area (Å²) in [7, 11) is -3.59. The fraction of sp³-hybridized carbons (Fsp3) is 0.611. The van der Waals surface area contributed by atoms with E-state index in [4.69, 9.17) is 4.74 Å². The van der Waals surface area contributed by atoms with Crippen LogP contribution in [0.15, 0.2) is 18.2 Å². The SMILES string of the molecule is CC(C)c1ccc2c(c1)CCN(S(=O)(=O)CC(=O)[C@H]1CCCO1)C2. The summed E-state index contributed by atoms with van der Waals surface area (Å²) in [5.41, 5.74) is 3.54. The van der Waals surface area contributed by atoms with Crippen LogP contribution >= 0.6 is 0 Å². The summed E-state index contributed by atoms with van der Waals surface area (Å²) in [5, 5.41) is 0. The van der Waals surface area contributed by atoms with Crippen molar-refractivity contribution in [1.29, 1.82) is 0 Å². The van der Waals surface area contributed by atoms with Crippen molar-refractivity contribution in [3.05, 3.63) is 34.9 Å². The number of nitrogens with zero attached hydrogens (tertiary/aromatic N) is 1. The second kappa shape index (κ2) is 6.94. The zero-order chi connectivity index (χ0) is 17.3. The molecule has 0 amide bonds. The highest BCUT2D eigenvalue weighted by atomic mass is 32.2. The Morgan fingerprint density at radius 3 is 2.79 bits per heavy atom. The van der Waals surface area contributed by atoms with E-state index < -0.39 is 21.9 Å². The summed E-state index contributed by atoms with van der Waals surface area (Å²) in [6.07, 6.45) is 1.62. The lowest BCUT2D eigenvalue weighted by Gasteiger charge is -2.28. The Morgan fingerprint density at radius 2 is 2.12 bits per heavy atom. The van der Waals surface area contributed by atoms with Gasteiger partial charge in [0.05, 0.1) is 0 Å². The number of fused-ring (bicyclic) bond motifs is 1. The molecule has 0 saturated carbocycles. The average Bonchev–Trinajstić information content (AvgIpc) is 3.08. The fourth-order valence-electron chi connectivity index (χ4n) is 3.34. The smallest absolute Gasteiger partial charge is 0.221 e. The Morgan fingerprint density at radius 1 is 1.33 bits per heavy atom. The number of carbonyl (C=O) groups is 1. The molecule has 6 heteroatoms. The van der Waals surface area contributed by atoms with Gasteiger partial charge in [0.25, 0.3) is 0 Å². The second-order valence-corrected chi connectivity index (χ2v) is 8.96. The van der Waals surface area contributed by atoms with Crippen LogP contribution in [-0.4, -0.2) is 43.5 Å². The lowest BCUT2D eigenvalue weighted by atomic mass is 9.94. The normalized spacial score (nSPS) is 21.9. The van der Waals surface area contributed by atoms with Crippen LogP contribution in [0.25, 0.3) is 0 Å². The van der Waals surface area contributed by atoms with Crippen LogP contribution in [0.5, 0.6) is 0 Å². The van der Waals surface area contributed by atoms with E-state index in [0.717, 1.165) is 12.0 Å². The molecule has 24 heavy (non-hydrogen) atoms. The number of benzene rings is 1. The molecule has 0 unspecified atom stereocenters. The topological polar surface area (TPSA) is 63.7 Å². The molecule has 1 atom stereocenters.